The number of benzene rings is 1. The molecule has 0 atom stereocenters. The minimum atomic E-state index is 0. The molecule has 18 heavy (non-hydrogen) atoms. The standard InChI is InChI=1S/C12H10N3S2.Ir/c1-6-4-5-9(12-15-14-8(3)17-12)10-11(6)16-7(2)13-10;/h4H,1-3H3;/q-1;. The fourth-order valence-corrected chi connectivity index (χ4v) is 3.34. The number of aromatic nitrogens is 3. The molecule has 95 valence electrons. The van der Waals surface area contributed by atoms with Crippen molar-refractivity contribution in [2.24, 2.45) is 0 Å². The van der Waals surface area contributed by atoms with Gasteiger partial charge in [0.15, 0.2) is 0 Å². The third-order valence-corrected chi connectivity index (χ3v) is 4.46. The first-order chi connectivity index (χ1) is 8.15. The fourth-order valence-electron chi connectivity index (χ4n) is 1.74. The molecule has 0 N–H and O–H groups in total. The Kier molecular flexibility index (Phi) is 3.92. The van der Waals surface area contributed by atoms with Crippen molar-refractivity contribution in [3.05, 3.63) is 27.7 Å². The van der Waals surface area contributed by atoms with Crippen LogP contribution in [-0.2, 0) is 20.1 Å². The predicted octanol–water partition coefficient (Wildman–Crippen LogP) is 3.54. The van der Waals surface area contributed by atoms with Crippen molar-refractivity contribution in [3.8, 4) is 10.6 Å². The molecular weight excluding hydrogens is 443 g/mol. The van der Waals surface area contributed by atoms with Gasteiger partial charge in [0, 0.05) is 25.6 Å². The van der Waals surface area contributed by atoms with E-state index >= 15 is 0 Å². The minimum Gasteiger partial charge on any atom is -0.290 e. The maximum absolute atomic E-state index is 4.59. The van der Waals surface area contributed by atoms with E-state index in [1.54, 1.807) is 22.7 Å². The van der Waals surface area contributed by atoms with E-state index in [0.29, 0.717) is 0 Å². The van der Waals surface area contributed by atoms with Gasteiger partial charge in [-0.15, -0.1) is 40.4 Å². The van der Waals surface area contributed by atoms with Crippen LogP contribution in [0.5, 0.6) is 0 Å². The Morgan fingerprint density at radius 1 is 1.06 bits per heavy atom. The molecule has 2 heterocycles. The van der Waals surface area contributed by atoms with E-state index in [4.69, 9.17) is 0 Å². The van der Waals surface area contributed by atoms with Crippen LogP contribution in [0, 0.1) is 26.8 Å². The summed E-state index contributed by atoms with van der Waals surface area (Å²) in [7, 11) is 0. The summed E-state index contributed by atoms with van der Waals surface area (Å²) in [6, 6.07) is 5.28. The third kappa shape index (κ3) is 2.26. The summed E-state index contributed by atoms with van der Waals surface area (Å²) in [6.45, 7) is 6.07. The monoisotopic (exact) mass is 453 g/mol. The van der Waals surface area contributed by atoms with Crippen molar-refractivity contribution in [2.45, 2.75) is 20.8 Å². The molecule has 3 nitrogen and oxygen atoms in total. The topological polar surface area (TPSA) is 38.7 Å². The molecule has 3 rings (SSSR count). The normalized spacial score (nSPS) is 10.6. The van der Waals surface area contributed by atoms with Gasteiger partial charge in [-0.05, 0) is 18.5 Å². The molecule has 0 saturated heterocycles. The molecule has 0 bridgehead atoms. The summed E-state index contributed by atoms with van der Waals surface area (Å²) in [6.07, 6.45) is 0. The first-order valence-corrected chi connectivity index (χ1v) is 6.87. The largest absolute Gasteiger partial charge is 0.290 e. The average Bonchev–Trinajstić information content (AvgIpc) is 2.85. The number of hydrogen-bond donors (Lipinski definition) is 0. The number of thiazole rings is 1. The van der Waals surface area contributed by atoms with Crippen LogP contribution >= 0.6 is 22.7 Å². The number of nitrogens with zero attached hydrogens (tertiary/aromatic N) is 3. The molecule has 0 aliphatic heterocycles. The summed E-state index contributed by atoms with van der Waals surface area (Å²) >= 11 is 3.30. The molecule has 0 spiro atoms. The zero-order valence-electron chi connectivity index (χ0n) is 10.1. The first-order valence-electron chi connectivity index (χ1n) is 5.24. The second kappa shape index (κ2) is 5.13. The van der Waals surface area contributed by atoms with E-state index in [1.165, 1.54) is 10.3 Å². The van der Waals surface area contributed by atoms with Gasteiger partial charge in [0.2, 0.25) is 0 Å². The minimum absolute atomic E-state index is 0. The van der Waals surface area contributed by atoms with Crippen LogP contribution in [0.4, 0.5) is 0 Å². The molecule has 6 heteroatoms. The van der Waals surface area contributed by atoms with Crippen molar-refractivity contribution >= 4 is 32.9 Å². The van der Waals surface area contributed by atoms with Crippen LogP contribution in [0.25, 0.3) is 20.8 Å². The van der Waals surface area contributed by atoms with Crippen LogP contribution in [0.1, 0.15) is 15.6 Å². The number of fused-ring (bicyclic) bond motifs is 1. The molecule has 2 aromatic heterocycles. The zero-order valence-corrected chi connectivity index (χ0v) is 14.1. The SMILES string of the molecule is Cc1nnc(-c2[c-]cc(C)c3sc(C)nc23)s1.[Ir]. The summed E-state index contributed by atoms with van der Waals surface area (Å²) in [4.78, 5) is 4.59. The molecule has 1 aromatic carbocycles. The van der Waals surface area contributed by atoms with Crippen LogP contribution in [0.15, 0.2) is 6.07 Å². The van der Waals surface area contributed by atoms with Gasteiger partial charge >= 0.3 is 0 Å². The van der Waals surface area contributed by atoms with E-state index in [2.05, 4.69) is 28.2 Å². The van der Waals surface area contributed by atoms with Crippen molar-refractivity contribution in [1.82, 2.24) is 15.2 Å². The average molecular weight is 453 g/mol. The van der Waals surface area contributed by atoms with Gasteiger partial charge in [-0.1, -0.05) is 12.5 Å². The van der Waals surface area contributed by atoms with E-state index in [1.807, 2.05) is 19.9 Å². The Balaban J connectivity index is 0.00000120. The Bertz CT molecular complexity index is 702. The quantitative estimate of drug-likeness (QED) is 0.530. The van der Waals surface area contributed by atoms with Gasteiger partial charge in [0.25, 0.3) is 0 Å². The molecule has 0 saturated carbocycles. The molecule has 0 aliphatic rings. The summed E-state index contributed by atoms with van der Waals surface area (Å²) in [5.41, 5.74) is 3.19. The molecule has 3 aromatic rings. The Morgan fingerprint density at radius 2 is 1.83 bits per heavy atom. The predicted molar refractivity (Wildman–Crippen MR) is 71.6 cm³/mol. The zero-order chi connectivity index (χ0) is 12.0. The second-order valence-electron chi connectivity index (χ2n) is 3.88. The molecule has 0 amide bonds. The molecule has 1 radical (unpaired) electrons. The van der Waals surface area contributed by atoms with E-state index < -0.39 is 0 Å². The summed E-state index contributed by atoms with van der Waals surface area (Å²) in [5, 5.41) is 11.2. The molecule has 0 aliphatic carbocycles. The van der Waals surface area contributed by atoms with Gasteiger partial charge in [-0.2, -0.15) is 10.2 Å². The van der Waals surface area contributed by atoms with Gasteiger partial charge < -0.3 is 0 Å². The summed E-state index contributed by atoms with van der Waals surface area (Å²) in [5.74, 6) is 0. The number of aryl methyl sites for hydroxylation is 3. The number of hydrogen-bond acceptors (Lipinski definition) is 5. The third-order valence-electron chi connectivity index (χ3n) is 2.50. The van der Waals surface area contributed by atoms with E-state index in [0.717, 1.165) is 26.1 Å². The van der Waals surface area contributed by atoms with Crippen molar-refractivity contribution in [2.75, 3.05) is 0 Å². The van der Waals surface area contributed by atoms with Crippen LogP contribution in [0.2, 0.25) is 0 Å². The first kappa shape index (κ1) is 13.7. The maximum Gasteiger partial charge on any atom is 0.104 e. The molecule has 0 unspecified atom stereocenters. The van der Waals surface area contributed by atoms with Crippen molar-refractivity contribution < 1.29 is 20.1 Å². The van der Waals surface area contributed by atoms with Crippen LogP contribution < -0.4 is 0 Å². The fraction of sp³-hybridized carbons (Fsp3) is 0.250. The Morgan fingerprint density at radius 3 is 2.50 bits per heavy atom. The van der Waals surface area contributed by atoms with E-state index in [9.17, 15) is 0 Å². The van der Waals surface area contributed by atoms with Crippen molar-refractivity contribution in [1.29, 1.82) is 0 Å². The van der Waals surface area contributed by atoms with Gasteiger partial charge in [0.1, 0.15) is 5.01 Å². The molecular formula is C12H10IrN3S2-. The van der Waals surface area contributed by atoms with Crippen LogP contribution in [0.3, 0.4) is 0 Å². The Labute approximate surface area is 127 Å². The molecule has 0 fully saturated rings. The smallest absolute Gasteiger partial charge is 0.104 e. The Hall–Kier alpha value is -0.681. The van der Waals surface area contributed by atoms with Gasteiger partial charge in [0.05, 0.1) is 10.0 Å². The van der Waals surface area contributed by atoms with Gasteiger partial charge in [-0.3, -0.25) is 4.98 Å². The summed E-state index contributed by atoms with van der Waals surface area (Å²) < 4.78 is 1.23. The van der Waals surface area contributed by atoms with Crippen molar-refractivity contribution in [3.63, 3.8) is 0 Å². The van der Waals surface area contributed by atoms with Crippen LogP contribution in [-0.4, -0.2) is 15.2 Å². The van der Waals surface area contributed by atoms with E-state index in [-0.39, 0.29) is 20.1 Å². The number of rotatable bonds is 1. The van der Waals surface area contributed by atoms with Gasteiger partial charge in [-0.25, -0.2) is 0 Å². The second-order valence-corrected chi connectivity index (χ2v) is 6.27. The maximum atomic E-state index is 4.59.